The van der Waals surface area contributed by atoms with Crippen molar-refractivity contribution < 1.29 is 8.42 Å². The van der Waals surface area contributed by atoms with Gasteiger partial charge in [0.15, 0.2) is 0 Å². The molecule has 2 rings (SSSR count). The molecule has 1 fully saturated rings. The van der Waals surface area contributed by atoms with Crippen molar-refractivity contribution in [2.45, 2.75) is 37.2 Å². The van der Waals surface area contributed by atoms with Gasteiger partial charge < -0.3 is 10.6 Å². The van der Waals surface area contributed by atoms with Crippen LogP contribution in [0.3, 0.4) is 0 Å². The topological polar surface area (TPSA) is 75.4 Å². The van der Waals surface area contributed by atoms with Crippen LogP contribution in [0, 0.1) is 6.92 Å². The minimum absolute atomic E-state index is 0.00405. The highest BCUT2D eigenvalue weighted by Crippen LogP contribution is 2.26. The Hall–Kier alpha value is -0.470. The summed E-state index contributed by atoms with van der Waals surface area (Å²) in [6.45, 7) is 4.01. The van der Waals surface area contributed by atoms with Gasteiger partial charge in [-0.1, -0.05) is 0 Å². The van der Waals surface area contributed by atoms with Crippen LogP contribution in [-0.2, 0) is 16.6 Å². The normalized spacial score (nSPS) is 21.7. The van der Waals surface area contributed by atoms with E-state index in [9.17, 15) is 8.42 Å². The van der Waals surface area contributed by atoms with E-state index in [4.69, 9.17) is 5.73 Å². The number of nitrogens with zero attached hydrogens (tertiary/aromatic N) is 1. The van der Waals surface area contributed by atoms with Crippen LogP contribution in [0.1, 0.15) is 22.6 Å². The molecule has 0 amide bonds. The zero-order valence-electron chi connectivity index (χ0n) is 11.3. The van der Waals surface area contributed by atoms with Crippen LogP contribution in [0.5, 0.6) is 0 Å². The molecule has 2 heterocycles. The third-order valence-corrected chi connectivity index (χ3v) is 6.21. The fraction of sp³-hybridized carbons (Fsp3) is 0.667. The van der Waals surface area contributed by atoms with Crippen LogP contribution < -0.4 is 10.5 Å². The number of rotatable bonds is 4. The number of likely N-dealkylation sites (tertiary alicyclic amines) is 1. The maximum Gasteiger partial charge on any atom is 0.241 e. The van der Waals surface area contributed by atoms with Gasteiger partial charge in [-0.15, -0.1) is 11.3 Å². The third kappa shape index (κ3) is 3.55. The van der Waals surface area contributed by atoms with Gasteiger partial charge in [0.1, 0.15) is 0 Å². The zero-order valence-corrected chi connectivity index (χ0v) is 13.0. The number of sulfonamides is 1. The van der Waals surface area contributed by atoms with E-state index in [0.717, 1.165) is 35.7 Å². The number of likely N-dealkylation sites (N-methyl/N-ethyl adjacent to an activating group) is 1. The van der Waals surface area contributed by atoms with Gasteiger partial charge >= 0.3 is 0 Å². The Morgan fingerprint density at radius 2 is 2.32 bits per heavy atom. The van der Waals surface area contributed by atoms with E-state index >= 15 is 0 Å². The predicted molar refractivity (Wildman–Crippen MR) is 77.8 cm³/mol. The SMILES string of the molecule is Cc1sc(CN)cc1S(=O)(=O)NC1CCCN(C)C1. The summed E-state index contributed by atoms with van der Waals surface area (Å²) in [5, 5.41) is 0. The van der Waals surface area contributed by atoms with E-state index in [1.807, 2.05) is 14.0 Å². The third-order valence-electron chi connectivity index (χ3n) is 3.36. The molecule has 1 aromatic rings. The summed E-state index contributed by atoms with van der Waals surface area (Å²) in [4.78, 5) is 4.24. The van der Waals surface area contributed by atoms with Crippen LogP contribution in [0.4, 0.5) is 0 Å². The summed E-state index contributed by atoms with van der Waals surface area (Å²) >= 11 is 1.45. The fourth-order valence-electron chi connectivity index (χ4n) is 2.44. The highest BCUT2D eigenvalue weighted by Gasteiger charge is 2.26. The fourth-order valence-corrected chi connectivity index (χ4v) is 5.21. The zero-order chi connectivity index (χ0) is 14.0. The molecule has 0 aliphatic carbocycles. The molecule has 1 aliphatic heterocycles. The van der Waals surface area contributed by atoms with Crippen LogP contribution in [0.15, 0.2) is 11.0 Å². The number of hydrogen-bond donors (Lipinski definition) is 2. The van der Waals surface area contributed by atoms with Crippen molar-refractivity contribution in [2.24, 2.45) is 5.73 Å². The van der Waals surface area contributed by atoms with Crippen molar-refractivity contribution in [2.75, 3.05) is 20.1 Å². The molecule has 7 heteroatoms. The van der Waals surface area contributed by atoms with Crippen molar-refractivity contribution in [3.8, 4) is 0 Å². The Morgan fingerprint density at radius 1 is 1.58 bits per heavy atom. The van der Waals surface area contributed by atoms with Gasteiger partial charge in [-0.25, -0.2) is 13.1 Å². The van der Waals surface area contributed by atoms with Crippen LogP contribution >= 0.6 is 11.3 Å². The first-order chi connectivity index (χ1) is 8.92. The predicted octanol–water partition coefficient (Wildman–Crippen LogP) is 0.888. The molecule has 1 atom stereocenters. The van der Waals surface area contributed by atoms with Crippen LogP contribution in [0.25, 0.3) is 0 Å². The number of thiophene rings is 1. The molecule has 1 aromatic heterocycles. The molecule has 0 aromatic carbocycles. The molecule has 1 saturated heterocycles. The maximum absolute atomic E-state index is 12.4. The Morgan fingerprint density at radius 3 is 2.89 bits per heavy atom. The van der Waals surface area contributed by atoms with E-state index in [2.05, 4.69) is 9.62 Å². The molecular formula is C12H21N3O2S2. The van der Waals surface area contributed by atoms with Crippen molar-refractivity contribution in [1.82, 2.24) is 9.62 Å². The largest absolute Gasteiger partial charge is 0.326 e. The Bertz CT molecular complexity index is 539. The summed E-state index contributed by atoms with van der Waals surface area (Å²) < 4.78 is 27.6. The quantitative estimate of drug-likeness (QED) is 0.866. The second kappa shape index (κ2) is 5.88. The molecule has 3 N–H and O–H groups in total. The molecule has 108 valence electrons. The first-order valence-corrected chi connectivity index (χ1v) is 8.72. The van der Waals surface area contributed by atoms with Crippen LogP contribution in [0.2, 0.25) is 0 Å². The minimum Gasteiger partial charge on any atom is -0.326 e. The summed E-state index contributed by atoms with van der Waals surface area (Å²) in [6, 6.07) is 1.69. The maximum atomic E-state index is 12.4. The van der Waals surface area contributed by atoms with E-state index in [0.29, 0.717) is 11.4 Å². The van der Waals surface area contributed by atoms with E-state index in [1.165, 1.54) is 11.3 Å². The molecular weight excluding hydrogens is 282 g/mol. The first kappa shape index (κ1) is 14.9. The molecule has 0 radical (unpaired) electrons. The lowest BCUT2D eigenvalue weighted by Gasteiger charge is -2.29. The average Bonchev–Trinajstić information content (AvgIpc) is 2.71. The smallest absolute Gasteiger partial charge is 0.241 e. The van der Waals surface area contributed by atoms with Gasteiger partial charge in [-0.3, -0.25) is 0 Å². The van der Waals surface area contributed by atoms with Gasteiger partial charge in [0, 0.05) is 28.9 Å². The number of nitrogens with two attached hydrogens (primary N) is 1. The van der Waals surface area contributed by atoms with Gasteiger partial charge in [-0.2, -0.15) is 0 Å². The minimum atomic E-state index is -3.43. The molecule has 0 bridgehead atoms. The molecule has 19 heavy (non-hydrogen) atoms. The lowest BCUT2D eigenvalue weighted by molar-refractivity contribution is 0.242. The van der Waals surface area contributed by atoms with Gasteiger partial charge in [0.2, 0.25) is 10.0 Å². The van der Waals surface area contributed by atoms with Gasteiger partial charge in [0.25, 0.3) is 0 Å². The summed E-state index contributed by atoms with van der Waals surface area (Å²) in [5.74, 6) is 0. The van der Waals surface area contributed by atoms with Crippen molar-refractivity contribution in [3.63, 3.8) is 0 Å². The molecule has 5 nitrogen and oxygen atoms in total. The van der Waals surface area contributed by atoms with Crippen molar-refractivity contribution >= 4 is 21.4 Å². The number of piperidine rings is 1. The van der Waals surface area contributed by atoms with E-state index in [1.54, 1.807) is 6.07 Å². The Kier molecular flexibility index (Phi) is 4.62. The number of nitrogens with one attached hydrogen (secondary N) is 1. The molecule has 1 unspecified atom stereocenters. The molecule has 1 aliphatic rings. The monoisotopic (exact) mass is 303 g/mol. The summed E-state index contributed by atoms with van der Waals surface area (Å²) in [5.41, 5.74) is 5.57. The molecule has 0 spiro atoms. The Labute approximate surface area is 118 Å². The highest BCUT2D eigenvalue weighted by molar-refractivity contribution is 7.89. The average molecular weight is 303 g/mol. The second-order valence-corrected chi connectivity index (χ2v) is 8.08. The van der Waals surface area contributed by atoms with E-state index < -0.39 is 10.0 Å². The molecule has 0 saturated carbocycles. The standard InChI is InChI=1S/C12H21N3O2S2/c1-9-12(6-11(7-13)18-9)19(16,17)14-10-4-3-5-15(2)8-10/h6,10,14H,3-5,7-8,13H2,1-2H3. The lowest BCUT2D eigenvalue weighted by atomic mass is 10.1. The second-order valence-electron chi connectivity index (χ2n) is 5.06. The lowest BCUT2D eigenvalue weighted by Crippen LogP contribution is -2.46. The van der Waals surface area contributed by atoms with Gasteiger partial charge in [-0.05, 0) is 39.4 Å². The van der Waals surface area contributed by atoms with Crippen LogP contribution in [-0.4, -0.2) is 39.5 Å². The number of aryl methyl sites for hydroxylation is 1. The number of hydrogen-bond acceptors (Lipinski definition) is 5. The van der Waals surface area contributed by atoms with Crippen molar-refractivity contribution in [3.05, 3.63) is 15.8 Å². The van der Waals surface area contributed by atoms with Crippen molar-refractivity contribution in [1.29, 1.82) is 0 Å². The highest BCUT2D eigenvalue weighted by atomic mass is 32.2. The summed E-state index contributed by atoms with van der Waals surface area (Å²) in [7, 11) is -1.41. The van der Waals surface area contributed by atoms with Gasteiger partial charge in [0.05, 0.1) is 4.90 Å². The van der Waals surface area contributed by atoms with E-state index in [-0.39, 0.29) is 6.04 Å². The first-order valence-electron chi connectivity index (χ1n) is 6.42. The summed E-state index contributed by atoms with van der Waals surface area (Å²) in [6.07, 6.45) is 1.93. The Balaban J connectivity index is 2.15.